The van der Waals surface area contributed by atoms with Crippen LogP contribution in [0.4, 0.5) is 11.4 Å². The van der Waals surface area contributed by atoms with E-state index in [0.29, 0.717) is 41.1 Å². The monoisotopic (exact) mass is 616 g/mol. The number of unbranched alkanes of at least 4 members (excludes halogenated alkanes) is 1. The molecule has 0 bridgehead atoms. The number of ether oxygens (including phenoxy) is 2. The van der Waals surface area contributed by atoms with Crippen molar-refractivity contribution in [1.82, 2.24) is 0 Å². The predicted molar refractivity (Wildman–Crippen MR) is 176 cm³/mol. The molecular formula is C38H36N2O6. The Morgan fingerprint density at radius 2 is 1.30 bits per heavy atom. The zero-order chi connectivity index (χ0) is 32.3. The lowest BCUT2D eigenvalue weighted by Gasteiger charge is -2.33. The molecule has 1 fully saturated rings. The molecule has 0 spiro atoms. The standard InChI is InChI=1S/C38H36N2O6/c1-5-7-8-22-9-12-24(13-10-22)39-34(41)26-14-16-28-33-29(17-15-27(32(26)33)35(39)42)37(44)40(36(28)43)30-19-23(38(3,4)6-2)11-18-31(30)46-21-25-20-45-25/h9-19,25H,5-8,20-21H2,1-4H3. The zero-order valence-corrected chi connectivity index (χ0v) is 26.5. The van der Waals surface area contributed by atoms with Crippen molar-refractivity contribution in [3.8, 4) is 5.75 Å². The molecule has 3 aliphatic heterocycles. The molecule has 0 aliphatic carbocycles. The Balaban J connectivity index is 1.31. The van der Waals surface area contributed by atoms with E-state index in [1.165, 1.54) is 4.90 Å². The molecule has 3 heterocycles. The average molecular weight is 617 g/mol. The maximum atomic E-state index is 14.3. The van der Waals surface area contributed by atoms with Gasteiger partial charge >= 0.3 is 0 Å². The minimum Gasteiger partial charge on any atom is -0.489 e. The van der Waals surface area contributed by atoms with Crippen molar-refractivity contribution in [2.45, 2.75) is 64.9 Å². The number of benzene rings is 4. The van der Waals surface area contributed by atoms with Crippen molar-refractivity contribution in [3.63, 3.8) is 0 Å². The third-order valence-electron chi connectivity index (χ3n) is 9.60. The molecule has 4 amide bonds. The Morgan fingerprint density at radius 1 is 0.761 bits per heavy atom. The molecule has 0 saturated carbocycles. The van der Waals surface area contributed by atoms with Gasteiger partial charge in [0.15, 0.2) is 0 Å². The first-order valence-electron chi connectivity index (χ1n) is 16.0. The molecule has 46 heavy (non-hydrogen) atoms. The largest absolute Gasteiger partial charge is 0.489 e. The van der Waals surface area contributed by atoms with E-state index < -0.39 is 23.6 Å². The molecule has 7 rings (SSSR count). The van der Waals surface area contributed by atoms with Crippen LogP contribution in [0.3, 0.4) is 0 Å². The van der Waals surface area contributed by atoms with E-state index in [4.69, 9.17) is 9.47 Å². The molecule has 4 aromatic rings. The Hall–Kier alpha value is -4.82. The minimum atomic E-state index is -0.537. The summed E-state index contributed by atoms with van der Waals surface area (Å²) in [4.78, 5) is 58.7. The second-order valence-electron chi connectivity index (χ2n) is 12.9. The quantitative estimate of drug-likeness (QED) is 0.138. The maximum absolute atomic E-state index is 14.3. The molecule has 3 aliphatic rings. The smallest absolute Gasteiger partial charge is 0.266 e. The second kappa shape index (κ2) is 11.2. The van der Waals surface area contributed by atoms with Gasteiger partial charge in [-0.3, -0.25) is 19.2 Å². The van der Waals surface area contributed by atoms with Crippen molar-refractivity contribution in [2.24, 2.45) is 0 Å². The van der Waals surface area contributed by atoms with Crippen molar-refractivity contribution in [3.05, 3.63) is 100 Å². The lowest BCUT2D eigenvalue weighted by Crippen LogP contribution is -2.43. The number of amides is 4. The fourth-order valence-electron chi connectivity index (χ4n) is 6.31. The van der Waals surface area contributed by atoms with Crippen molar-refractivity contribution < 1.29 is 28.7 Å². The van der Waals surface area contributed by atoms with Crippen LogP contribution in [0, 0.1) is 0 Å². The van der Waals surface area contributed by atoms with E-state index in [1.807, 2.05) is 30.3 Å². The molecule has 1 unspecified atom stereocenters. The van der Waals surface area contributed by atoms with Crippen LogP contribution in [0.15, 0.2) is 66.7 Å². The van der Waals surface area contributed by atoms with Crippen LogP contribution in [0.25, 0.3) is 10.8 Å². The summed E-state index contributed by atoms with van der Waals surface area (Å²) in [5.74, 6) is -1.64. The number of carbonyl (C=O) groups excluding carboxylic acids is 4. The Labute approximate surface area is 267 Å². The summed E-state index contributed by atoms with van der Waals surface area (Å²) < 4.78 is 11.4. The number of imide groups is 2. The van der Waals surface area contributed by atoms with Crippen molar-refractivity contribution in [2.75, 3.05) is 23.0 Å². The number of nitrogens with zero attached hydrogens (tertiary/aromatic N) is 2. The molecule has 0 N–H and O–H groups in total. The fraction of sp³-hybridized carbons (Fsp3) is 0.316. The zero-order valence-electron chi connectivity index (χ0n) is 26.5. The highest BCUT2D eigenvalue weighted by Crippen LogP contribution is 2.43. The van der Waals surface area contributed by atoms with E-state index in [9.17, 15) is 19.2 Å². The number of hydrogen-bond donors (Lipinski definition) is 0. The molecule has 8 heteroatoms. The Morgan fingerprint density at radius 3 is 1.80 bits per heavy atom. The number of anilines is 2. The lowest BCUT2D eigenvalue weighted by atomic mass is 9.81. The van der Waals surface area contributed by atoms with Gasteiger partial charge in [-0.15, -0.1) is 0 Å². The summed E-state index contributed by atoms with van der Waals surface area (Å²) in [5.41, 5.74) is 3.78. The van der Waals surface area contributed by atoms with Crippen molar-refractivity contribution in [1.29, 1.82) is 0 Å². The third-order valence-corrected chi connectivity index (χ3v) is 9.60. The van der Waals surface area contributed by atoms with Gasteiger partial charge in [0.1, 0.15) is 18.5 Å². The van der Waals surface area contributed by atoms with E-state index in [-0.39, 0.29) is 33.8 Å². The summed E-state index contributed by atoms with van der Waals surface area (Å²) in [6.45, 7) is 9.36. The van der Waals surface area contributed by atoms with Gasteiger partial charge in [0.2, 0.25) is 0 Å². The minimum absolute atomic E-state index is 0.0159. The van der Waals surface area contributed by atoms with Crippen LogP contribution < -0.4 is 14.5 Å². The van der Waals surface area contributed by atoms with Crippen LogP contribution in [-0.2, 0) is 16.6 Å². The molecular weight excluding hydrogens is 580 g/mol. The SMILES string of the molecule is CCCCc1ccc(N2C(=O)c3ccc4c5c(ccc(c35)C2=O)C(=O)N(c2cc(C(C)(C)CC)ccc2OCC2CO2)C4=O)cc1. The summed E-state index contributed by atoms with van der Waals surface area (Å²) in [6, 6.07) is 19.5. The highest BCUT2D eigenvalue weighted by molar-refractivity contribution is 6.42. The highest BCUT2D eigenvalue weighted by Gasteiger charge is 2.42. The number of hydrogen-bond acceptors (Lipinski definition) is 6. The topological polar surface area (TPSA) is 96.5 Å². The number of rotatable bonds is 10. The van der Waals surface area contributed by atoms with Gasteiger partial charge in [-0.25, -0.2) is 9.80 Å². The van der Waals surface area contributed by atoms with Gasteiger partial charge in [-0.05, 0) is 84.3 Å². The first-order chi connectivity index (χ1) is 22.1. The molecule has 1 saturated heterocycles. The summed E-state index contributed by atoms with van der Waals surface area (Å²) >= 11 is 0. The second-order valence-corrected chi connectivity index (χ2v) is 12.9. The van der Waals surface area contributed by atoms with Crippen LogP contribution in [0.2, 0.25) is 0 Å². The lowest BCUT2D eigenvalue weighted by molar-refractivity contribution is 0.0872. The van der Waals surface area contributed by atoms with E-state index >= 15 is 0 Å². The van der Waals surface area contributed by atoms with Crippen LogP contribution in [0.1, 0.15) is 99.5 Å². The molecule has 4 aromatic carbocycles. The van der Waals surface area contributed by atoms with Gasteiger partial charge in [-0.1, -0.05) is 52.3 Å². The molecule has 8 nitrogen and oxygen atoms in total. The number of carbonyl (C=O) groups is 4. The number of aryl methyl sites for hydroxylation is 1. The van der Waals surface area contributed by atoms with Gasteiger partial charge in [0.05, 0.1) is 18.0 Å². The first kappa shape index (κ1) is 29.9. The highest BCUT2D eigenvalue weighted by atomic mass is 16.6. The average Bonchev–Trinajstić information content (AvgIpc) is 3.90. The van der Waals surface area contributed by atoms with Crippen LogP contribution >= 0.6 is 0 Å². The van der Waals surface area contributed by atoms with E-state index in [0.717, 1.165) is 41.7 Å². The van der Waals surface area contributed by atoms with Gasteiger partial charge in [0, 0.05) is 33.0 Å². The third kappa shape index (κ3) is 4.79. The normalized spacial score (nSPS) is 17.3. The summed E-state index contributed by atoms with van der Waals surface area (Å²) in [6.07, 6.45) is 3.89. The summed E-state index contributed by atoms with van der Waals surface area (Å²) in [7, 11) is 0. The molecule has 234 valence electrons. The van der Waals surface area contributed by atoms with Gasteiger partial charge in [0.25, 0.3) is 23.6 Å². The molecule has 0 aromatic heterocycles. The van der Waals surface area contributed by atoms with Crippen molar-refractivity contribution >= 4 is 45.8 Å². The van der Waals surface area contributed by atoms with E-state index in [1.54, 1.807) is 36.4 Å². The Kier molecular flexibility index (Phi) is 7.28. The summed E-state index contributed by atoms with van der Waals surface area (Å²) in [5, 5.41) is 0.668. The molecule has 0 radical (unpaired) electrons. The number of epoxide rings is 1. The Bertz CT molecular complexity index is 1870. The van der Waals surface area contributed by atoms with E-state index in [2.05, 4.69) is 27.7 Å². The predicted octanol–water partition coefficient (Wildman–Crippen LogP) is 7.25. The maximum Gasteiger partial charge on any atom is 0.266 e. The van der Waals surface area contributed by atoms with Crippen LogP contribution in [0.5, 0.6) is 5.75 Å². The molecule has 1 atom stereocenters. The van der Waals surface area contributed by atoms with Gasteiger partial charge in [-0.2, -0.15) is 0 Å². The van der Waals surface area contributed by atoms with Crippen LogP contribution in [-0.4, -0.2) is 42.9 Å². The first-order valence-corrected chi connectivity index (χ1v) is 16.0. The fourth-order valence-corrected chi connectivity index (χ4v) is 6.31. The van der Waals surface area contributed by atoms with Gasteiger partial charge < -0.3 is 9.47 Å².